The summed E-state index contributed by atoms with van der Waals surface area (Å²) < 4.78 is 3.28. The minimum absolute atomic E-state index is 0.543. The molecular weight excluding hydrogens is 290 g/mol. The highest BCUT2D eigenvalue weighted by Crippen LogP contribution is 2.26. The number of hydrogen-bond donors (Lipinski definition) is 1. The van der Waals surface area contributed by atoms with Gasteiger partial charge < -0.3 is 10.3 Å². The third kappa shape index (κ3) is 1.99. The molecule has 4 heteroatoms. The Hall–Kier alpha value is -1.13. The van der Waals surface area contributed by atoms with Gasteiger partial charge in [-0.05, 0) is 49.4 Å². The summed E-state index contributed by atoms with van der Waals surface area (Å²) in [4.78, 5) is 4.54. The maximum atomic E-state index is 5.85. The van der Waals surface area contributed by atoms with Crippen LogP contribution in [0.5, 0.6) is 0 Å². The van der Waals surface area contributed by atoms with Crippen LogP contribution in [0, 0.1) is 0 Å². The van der Waals surface area contributed by atoms with Gasteiger partial charge in [-0.3, -0.25) is 0 Å². The fourth-order valence-corrected chi connectivity index (χ4v) is 3.04. The second-order valence-corrected chi connectivity index (χ2v) is 5.61. The average molecular weight is 306 g/mol. The van der Waals surface area contributed by atoms with Crippen LogP contribution in [0.25, 0.3) is 5.69 Å². The van der Waals surface area contributed by atoms with Gasteiger partial charge in [-0.15, -0.1) is 0 Å². The Morgan fingerprint density at radius 1 is 1.28 bits per heavy atom. The van der Waals surface area contributed by atoms with Crippen molar-refractivity contribution in [2.75, 3.05) is 0 Å². The molecule has 94 valence electrons. The first-order chi connectivity index (χ1) is 8.79. The molecule has 0 radical (unpaired) electrons. The second-order valence-electron chi connectivity index (χ2n) is 4.69. The Kier molecular flexibility index (Phi) is 3.22. The van der Waals surface area contributed by atoms with Crippen molar-refractivity contribution in [2.24, 2.45) is 5.73 Å². The smallest absolute Gasteiger partial charge is 0.0997 e. The van der Waals surface area contributed by atoms with Crippen LogP contribution in [-0.4, -0.2) is 9.55 Å². The van der Waals surface area contributed by atoms with E-state index in [1.54, 1.807) is 0 Å². The number of nitrogens with zero attached hydrogens (tertiary/aromatic N) is 2. The van der Waals surface area contributed by atoms with Gasteiger partial charge in [0.15, 0.2) is 0 Å². The van der Waals surface area contributed by atoms with E-state index in [9.17, 15) is 0 Å². The molecule has 0 unspecified atom stereocenters. The van der Waals surface area contributed by atoms with Gasteiger partial charge in [0.25, 0.3) is 0 Å². The minimum Gasteiger partial charge on any atom is -0.326 e. The molecule has 18 heavy (non-hydrogen) atoms. The van der Waals surface area contributed by atoms with E-state index in [1.165, 1.54) is 24.2 Å². The van der Waals surface area contributed by atoms with Gasteiger partial charge in [0, 0.05) is 16.7 Å². The minimum atomic E-state index is 0.543. The fraction of sp³-hybridized carbons (Fsp3) is 0.357. The van der Waals surface area contributed by atoms with Gasteiger partial charge in [0.2, 0.25) is 0 Å². The summed E-state index contributed by atoms with van der Waals surface area (Å²) in [5.41, 5.74) is 10.8. The molecule has 1 aromatic heterocycles. The number of imidazole rings is 1. The lowest BCUT2D eigenvalue weighted by Gasteiger charge is -2.16. The van der Waals surface area contributed by atoms with Crippen molar-refractivity contribution in [2.45, 2.75) is 32.2 Å². The van der Waals surface area contributed by atoms with Gasteiger partial charge in [-0.25, -0.2) is 4.98 Å². The van der Waals surface area contributed by atoms with E-state index < -0.39 is 0 Å². The first kappa shape index (κ1) is 11.9. The molecule has 3 nitrogen and oxygen atoms in total. The second kappa shape index (κ2) is 4.86. The Labute approximate surface area is 115 Å². The van der Waals surface area contributed by atoms with Crippen LogP contribution in [-0.2, 0) is 19.4 Å². The number of fused-ring (bicyclic) bond motifs is 1. The quantitative estimate of drug-likeness (QED) is 0.927. The van der Waals surface area contributed by atoms with Crippen LogP contribution in [0.4, 0.5) is 0 Å². The van der Waals surface area contributed by atoms with E-state index in [0.29, 0.717) is 6.54 Å². The van der Waals surface area contributed by atoms with Crippen molar-refractivity contribution in [1.82, 2.24) is 9.55 Å². The first-order valence-corrected chi connectivity index (χ1v) is 7.13. The molecule has 0 atom stereocenters. The van der Waals surface area contributed by atoms with E-state index in [-0.39, 0.29) is 0 Å². The van der Waals surface area contributed by atoms with Crippen LogP contribution < -0.4 is 5.73 Å². The monoisotopic (exact) mass is 305 g/mol. The number of benzene rings is 1. The third-order valence-corrected chi connectivity index (χ3v) is 4.04. The number of aryl methyl sites for hydroxylation is 1. The van der Waals surface area contributed by atoms with Crippen LogP contribution >= 0.6 is 15.9 Å². The largest absolute Gasteiger partial charge is 0.326 e. The van der Waals surface area contributed by atoms with Crippen LogP contribution in [0.1, 0.15) is 29.8 Å². The zero-order valence-corrected chi connectivity index (χ0v) is 11.8. The predicted octanol–water partition coefficient (Wildman–Crippen LogP) is 2.97. The summed E-state index contributed by atoms with van der Waals surface area (Å²) in [5, 5.41) is 0. The molecule has 0 bridgehead atoms. The zero-order chi connectivity index (χ0) is 12.5. The zero-order valence-electron chi connectivity index (χ0n) is 10.2. The van der Waals surface area contributed by atoms with Gasteiger partial charge >= 0.3 is 0 Å². The SMILES string of the molecule is NCc1cc(Br)ccc1-n1cnc2c1CCCC2. The van der Waals surface area contributed by atoms with Gasteiger partial charge in [0.1, 0.15) is 0 Å². The molecule has 0 spiro atoms. The van der Waals surface area contributed by atoms with Crippen molar-refractivity contribution >= 4 is 15.9 Å². The molecule has 1 heterocycles. The normalized spacial score (nSPS) is 14.6. The van der Waals surface area contributed by atoms with E-state index in [4.69, 9.17) is 5.73 Å². The number of aromatic nitrogens is 2. The lowest BCUT2D eigenvalue weighted by atomic mass is 10.0. The van der Waals surface area contributed by atoms with Gasteiger partial charge in [-0.1, -0.05) is 15.9 Å². The van der Waals surface area contributed by atoms with E-state index >= 15 is 0 Å². The van der Waals surface area contributed by atoms with Crippen molar-refractivity contribution in [1.29, 1.82) is 0 Å². The maximum absolute atomic E-state index is 5.85. The number of nitrogens with two attached hydrogens (primary N) is 1. The van der Waals surface area contributed by atoms with Crippen molar-refractivity contribution < 1.29 is 0 Å². The Morgan fingerprint density at radius 2 is 2.11 bits per heavy atom. The molecule has 0 fully saturated rings. The molecule has 1 aromatic carbocycles. The topological polar surface area (TPSA) is 43.8 Å². The molecular formula is C14H16BrN3. The van der Waals surface area contributed by atoms with Crippen LogP contribution in [0.2, 0.25) is 0 Å². The number of rotatable bonds is 2. The summed E-state index contributed by atoms with van der Waals surface area (Å²) in [6.45, 7) is 0.543. The highest BCUT2D eigenvalue weighted by molar-refractivity contribution is 9.10. The molecule has 2 N–H and O–H groups in total. The summed E-state index contributed by atoms with van der Waals surface area (Å²) in [6, 6.07) is 6.26. The van der Waals surface area contributed by atoms with Gasteiger partial charge in [0.05, 0.1) is 17.7 Å². The molecule has 2 aromatic rings. The first-order valence-electron chi connectivity index (χ1n) is 6.33. The van der Waals surface area contributed by atoms with Crippen molar-refractivity contribution in [3.63, 3.8) is 0 Å². The summed E-state index contributed by atoms with van der Waals surface area (Å²) in [7, 11) is 0. The van der Waals surface area contributed by atoms with Crippen molar-refractivity contribution in [3.8, 4) is 5.69 Å². The predicted molar refractivity (Wildman–Crippen MR) is 75.8 cm³/mol. The fourth-order valence-electron chi connectivity index (χ4n) is 2.63. The molecule has 3 rings (SSSR count). The van der Waals surface area contributed by atoms with Crippen LogP contribution in [0.15, 0.2) is 29.0 Å². The molecule has 1 aliphatic rings. The molecule has 1 aliphatic carbocycles. The Balaban J connectivity index is 2.12. The Bertz CT molecular complexity index is 574. The lowest BCUT2D eigenvalue weighted by Crippen LogP contribution is -2.10. The third-order valence-electron chi connectivity index (χ3n) is 3.55. The van der Waals surface area contributed by atoms with Crippen molar-refractivity contribution in [3.05, 3.63) is 46.0 Å². The Morgan fingerprint density at radius 3 is 2.94 bits per heavy atom. The van der Waals surface area contributed by atoms with E-state index in [1.807, 2.05) is 6.33 Å². The molecule has 0 amide bonds. The standard InChI is InChI=1S/C14H16BrN3/c15-11-5-6-13(10(7-11)8-16)18-9-17-12-3-1-2-4-14(12)18/h5-7,9H,1-4,8,16H2. The highest BCUT2D eigenvalue weighted by Gasteiger charge is 2.17. The molecule has 0 saturated heterocycles. The summed E-state index contributed by atoms with van der Waals surface area (Å²) >= 11 is 3.49. The summed E-state index contributed by atoms with van der Waals surface area (Å²) in [6.07, 6.45) is 6.69. The lowest BCUT2D eigenvalue weighted by molar-refractivity contribution is 0.655. The van der Waals surface area contributed by atoms with E-state index in [0.717, 1.165) is 28.6 Å². The average Bonchev–Trinajstić information content (AvgIpc) is 2.82. The molecule has 0 aliphatic heterocycles. The number of hydrogen-bond acceptors (Lipinski definition) is 2. The number of halogens is 1. The van der Waals surface area contributed by atoms with Crippen LogP contribution in [0.3, 0.4) is 0 Å². The molecule has 0 saturated carbocycles. The maximum Gasteiger partial charge on any atom is 0.0997 e. The van der Waals surface area contributed by atoms with Gasteiger partial charge in [-0.2, -0.15) is 0 Å². The summed E-state index contributed by atoms with van der Waals surface area (Å²) in [5.74, 6) is 0. The van der Waals surface area contributed by atoms with E-state index in [2.05, 4.69) is 43.7 Å². The highest BCUT2D eigenvalue weighted by atomic mass is 79.9.